The topological polar surface area (TPSA) is 66.5 Å². The summed E-state index contributed by atoms with van der Waals surface area (Å²) < 4.78 is 27.3. The molecule has 1 N–H and O–H groups in total. The summed E-state index contributed by atoms with van der Waals surface area (Å²) >= 11 is 0. The van der Waals surface area contributed by atoms with Crippen LogP contribution in [0.4, 0.5) is 0 Å². The van der Waals surface area contributed by atoms with E-state index in [4.69, 9.17) is 0 Å². The van der Waals surface area contributed by atoms with Crippen LogP contribution in [0.1, 0.15) is 44.2 Å². The summed E-state index contributed by atoms with van der Waals surface area (Å²) in [6.07, 6.45) is 2.05. The van der Waals surface area contributed by atoms with Gasteiger partial charge in [0, 0.05) is 25.0 Å². The minimum absolute atomic E-state index is 0.0492. The van der Waals surface area contributed by atoms with Gasteiger partial charge in [0.05, 0.1) is 4.90 Å². The smallest absolute Gasteiger partial charge is 0.243 e. The Morgan fingerprint density at radius 3 is 2.50 bits per heavy atom. The number of benzene rings is 1. The van der Waals surface area contributed by atoms with E-state index in [0.717, 1.165) is 17.5 Å². The third-order valence-electron chi connectivity index (χ3n) is 4.79. The number of hydrogen-bond acceptors (Lipinski definition) is 3. The number of nitrogens with one attached hydrogen (secondary N) is 1. The van der Waals surface area contributed by atoms with Gasteiger partial charge in [-0.25, -0.2) is 8.42 Å². The van der Waals surface area contributed by atoms with E-state index in [9.17, 15) is 13.2 Å². The molecule has 1 saturated heterocycles. The molecular weight excluding hydrogens is 324 g/mol. The predicted octanol–water partition coefficient (Wildman–Crippen LogP) is 2.62. The number of carbonyl (C=O) groups excluding carboxylic acids is 1. The molecule has 0 unspecified atom stereocenters. The molecule has 24 heavy (non-hydrogen) atoms. The van der Waals surface area contributed by atoms with Crippen molar-refractivity contribution in [1.29, 1.82) is 0 Å². The van der Waals surface area contributed by atoms with Gasteiger partial charge in [0.15, 0.2) is 0 Å². The van der Waals surface area contributed by atoms with Crippen molar-refractivity contribution in [2.45, 2.75) is 57.9 Å². The highest BCUT2D eigenvalue weighted by Crippen LogP contribution is 2.26. The molecule has 0 aromatic heterocycles. The standard InChI is InChI=1S/C18H28N2O3S/c1-5-15(4)19-18(21)16-8-10-20(11-9-16)24(22,23)17-12-13(2)6-7-14(17)3/h6-7,12,15-16H,5,8-11H2,1-4H3,(H,19,21)/t15-/m1/s1. The third kappa shape index (κ3) is 4.16. The fourth-order valence-corrected chi connectivity index (χ4v) is 4.72. The lowest BCUT2D eigenvalue weighted by Crippen LogP contribution is -2.44. The molecule has 1 aliphatic heterocycles. The highest BCUT2D eigenvalue weighted by atomic mass is 32.2. The zero-order valence-corrected chi connectivity index (χ0v) is 15.8. The average Bonchev–Trinajstić information content (AvgIpc) is 2.56. The summed E-state index contributed by atoms with van der Waals surface area (Å²) in [5, 5.41) is 2.99. The molecule has 0 spiro atoms. The predicted molar refractivity (Wildman–Crippen MR) is 95.3 cm³/mol. The Morgan fingerprint density at radius 2 is 1.92 bits per heavy atom. The van der Waals surface area contributed by atoms with E-state index in [1.165, 1.54) is 4.31 Å². The van der Waals surface area contributed by atoms with Crippen LogP contribution in [0.25, 0.3) is 0 Å². The molecule has 134 valence electrons. The second kappa shape index (κ2) is 7.66. The third-order valence-corrected chi connectivity index (χ3v) is 6.83. The first-order chi connectivity index (χ1) is 11.3. The summed E-state index contributed by atoms with van der Waals surface area (Å²) in [5.74, 6) is -0.0443. The van der Waals surface area contributed by atoms with Gasteiger partial charge in [-0.3, -0.25) is 4.79 Å². The van der Waals surface area contributed by atoms with Crippen LogP contribution in [0.5, 0.6) is 0 Å². The summed E-state index contributed by atoms with van der Waals surface area (Å²) in [5.41, 5.74) is 1.69. The molecule has 1 aliphatic rings. The highest BCUT2D eigenvalue weighted by molar-refractivity contribution is 7.89. The number of amides is 1. The molecule has 1 amide bonds. The number of carbonyl (C=O) groups is 1. The summed E-state index contributed by atoms with van der Waals surface area (Å²) in [4.78, 5) is 12.6. The quantitative estimate of drug-likeness (QED) is 0.886. The maximum atomic E-state index is 12.9. The second-order valence-electron chi connectivity index (χ2n) is 6.77. The van der Waals surface area contributed by atoms with Crippen molar-refractivity contribution in [2.75, 3.05) is 13.1 Å². The summed E-state index contributed by atoms with van der Waals surface area (Å²) in [6, 6.07) is 5.65. The minimum Gasteiger partial charge on any atom is -0.353 e. The zero-order chi connectivity index (χ0) is 17.9. The second-order valence-corrected chi connectivity index (χ2v) is 8.67. The van der Waals surface area contributed by atoms with Crippen LogP contribution in [0.3, 0.4) is 0 Å². The molecule has 0 saturated carbocycles. The fraction of sp³-hybridized carbons (Fsp3) is 0.611. The van der Waals surface area contributed by atoms with Gasteiger partial charge in [0.2, 0.25) is 15.9 Å². The Kier molecular flexibility index (Phi) is 6.04. The number of piperidine rings is 1. The molecule has 0 aliphatic carbocycles. The fourth-order valence-electron chi connectivity index (χ4n) is 2.95. The Bertz CT molecular complexity index is 692. The molecular formula is C18H28N2O3S. The van der Waals surface area contributed by atoms with E-state index in [2.05, 4.69) is 5.32 Å². The lowest BCUT2D eigenvalue weighted by Gasteiger charge is -2.31. The lowest BCUT2D eigenvalue weighted by molar-refractivity contribution is -0.126. The van der Waals surface area contributed by atoms with E-state index in [0.29, 0.717) is 30.8 Å². The van der Waals surface area contributed by atoms with E-state index < -0.39 is 10.0 Å². The molecule has 1 aromatic rings. The van der Waals surface area contributed by atoms with E-state index in [-0.39, 0.29) is 17.9 Å². The first kappa shape index (κ1) is 18.9. The van der Waals surface area contributed by atoms with Crippen molar-refractivity contribution < 1.29 is 13.2 Å². The molecule has 6 heteroatoms. The molecule has 1 heterocycles. The number of rotatable bonds is 5. The molecule has 5 nitrogen and oxygen atoms in total. The van der Waals surface area contributed by atoms with Gasteiger partial charge in [-0.1, -0.05) is 19.1 Å². The normalized spacial score (nSPS) is 18.3. The van der Waals surface area contributed by atoms with Gasteiger partial charge in [0.1, 0.15) is 0 Å². The molecule has 0 radical (unpaired) electrons. The minimum atomic E-state index is -3.49. The van der Waals surface area contributed by atoms with Crippen molar-refractivity contribution in [3.8, 4) is 0 Å². The van der Waals surface area contributed by atoms with Crippen molar-refractivity contribution in [3.05, 3.63) is 29.3 Å². The van der Waals surface area contributed by atoms with E-state index in [1.807, 2.05) is 39.8 Å². The van der Waals surface area contributed by atoms with Gasteiger partial charge in [0.25, 0.3) is 0 Å². The highest BCUT2D eigenvalue weighted by Gasteiger charge is 2.33. The van der Waals surface area contributed by atoms with Gasteiger partial charge >= 0.3 is 0 Å². The number of nitrogens with zero attached hydrogens (tertiary/aromatic N) is 1. The van der Waals surface area contributed by atoms with Crippen molar-refractivity contribution >= 4 is 15.9 Å². The maximum Gasteiger partial charge on any atom is 0.243 e. The largest absolute Gasteiger partial charge is 0.353 e. The van der Waals surface area contributed by atoms with Crippen molar-refractivity contribution in [1.82, 2.24) is 9.62 Å². The molecule has 0 bridgehead atoms. The molecule has 1 atom stereocenters. The van der Waals surface area contributed by atoms with Crippen LogP contribution in [0, 0.1) is 19.8 Å². The van der Waals surface area contributed by atoms with E-state index in [1.54, 1.807) is 6.07 Å². The van der Waals surface area contributed by atoms with Gasteiger partial charge in [-0.15, -0.1) is 0 Å². The Balaban J connectivity index is 2.06. The first-order valence-corrected chi connectivity index (χ1v) is 10.1. The van der Waals surface area contributed by atoms with Crippen LogP contribution in [0.2, 0.25) is 0 Å². The number of hydrogen-bond donors (Lipinski definition) is 1. The monoisotopic (exact) mass is 352 g/mol. The van der Waals surface area contributed by atoms with Crippen LogP contribution < -0.4 is 5.32 Å². The first-order valence-electron chi connectivity index (χ1n) is 8.63. The van der Waals surface area contributed by atoms with Crippen LogP contribution in [-0.2, 0) is 14.8 Å². The average molecular weight is 353 g/mol. The molecule has 1 fully saturated rings. The number of aryl methyl sites for hydroxylation is 2. The Hall–Kier alpha value is -1.40. The Labute approximate surface area is 145 Å². The van der Waals surface area contributed by atoms with Crippen molar-refractivity contribution in [2.24, 2.45) is 5.92 Å². The van der Waals surface area contributed by atoms with Crippen LogP contribution in [0.15, 0.2) is 23.1 Å². The number of sulfonamides is 1. The molecule has 2 rings (SSSR count). The SMILES string of the molecule is CC[C@@H](C)NC(=O)C1CCN(S(=O)(=O)c2cc(C)ccc2C)CC1. The summed E-state index contributed by atoms with van der Waals surface area (Å²) in [7, 11) is -3.49. The van der Waals surface area contributed by atoms with E-state index >= 15 is 0 Å². The summed E-state index contributed by atoms with van der Waals surface area (Å²) in [6.45, 7) is 8.52. The Morgan fingerprint density at radius 1 is 1.29 bits per heavy atom. The van der Waals surface area contributed by atoms with Gasteiger partial charge in [-0.2, -0.15) is 4.31 Å². The van der Waals surface area contributed by atoms with Crippen LogP contribution in [-0.4, -0.2) is 37.8 Å². The zero-order valence-electron chi connectivity index (χ0n) is 15.0. The van der Waals surface area contributed by atoms with Gasteiger partial charge < -0.3 is 5.32 Å². The van der Waals surface area contributed by atoms with Crippen molar-refractivity contribution in [3.63, 3.8) is 0 Å². The maximum absolute atomic E-state index is 12.9. The van der Waals surface area contributed by atoms with Gasteiger partial charge in [-0.05, 0) is 57.2 Å². The molecule has 1 aromatic carbocycles. The van der Waals surface area contributed by atoms with Crippen LogP contribution >= 0.6 is 0 Å². The lowest BCUT2D eigenvalue weighted by atomic mass is 9.97.